The molecule has 2 aromatic rings. The molecule has 0 saturated carbocycles. The molecule has 0 unspecified atom stereocenters. The lowest BCUT2D eigenvalue weighted by molar-refractivity contribution is 0.116. The number of hydrazine groups is 1. The molecule has 1 aromatic heterocycles. The number of benzene rings is 1. The number of aromatic nitrogens is 1. The maximum absolute atomic E-state index is 12.1. The van der Waals surface area contributed by atoms with E-state index >= 15 is 0 Å². The third kappa shape index (κ3) is 4.37. The zero-order valence-corrected chi connectivity index (χ0v) is 14.9. The van der Waals surface area contributed by atoms with Crippen molar-refractivity contribution in [3.05, 3.63) is 53.7 Å². The number of ether oxygens (including phenoxy) is 1. The molecule has 5 nitrogen and oxygen atoms in total. The van der Waals surface area contributed by atoms with Gasteiger partial charge in [0.15, 0.2) is 4.99 Å². The lowest BCUT2D eigenvalue weighted by Crippen LogP contribution is -2.47. The fourth-order valence-corrected chi connectivity index (χ4v) is 2.37. The van der Waals surface area contributed by atoms with Crippen molar-refractivity contribution in [2.24, 2.45) is 0 Å². The molecule has 0 aliphatic rings. The van der Waals surface area contributed by atoms with Gasteiger partial charge in [-0.25, -0.2) is 15.2 Å². The maximum atomic E-state index is 12.1. The molecule has 1 aromatic carbocycles. The Balaban J connectivity index is 2.30. The van der Waals surface area contributed by atoms with Crippen molar-refractivity contribution in [1.29, 1.82) is 0 Å². The highest BCUT2D eigenvalue weighted by atomic mass is 32.1. The number of thiocarbonyl (C=S) groups is 1. The largest absolute Gasteiger partial charge is 0.448 e. The summed E-state index contributed by atoms with van der Waals surface area (Å²) < 4.78 is 5.04. The van der Waals surface area contributed by atoms with Gasteiger partial charge in [0, 0.05) is 12.1 Å². The summed E-state index contributed by atoms with van der Waals surface area (Å²) in [5.74, 6) is 0. The molecule has 24 heavy (non-hydrogen) atoms. The number of pyridine rings is 1. The number of carbonyl (C=O) groups excluding carboxylic acids is 1. The normalized spacial score (nSPS) is 10.3. The van der Waals surface area contributed by atoms with Crippen LogP contribution in [0.25, 0.3) is 11.3 Å². The second-order valence-corrected chi connectivity index (χ2v) is 5.51. The summed E-state index contributed by atoms with van der Waals surface area (Å²) in [5.41, 5.74) is 6.43. The van der Waals surface area contributed by atoms with E-state index in [2.05, 4.69) is 10.4 Å². The zero-order chi connectivity index (χ0) is 17.5. The molecule has 1 amide bonds. The lowest BCUT2D eigenvalue weighted by atomic mass is 10.1. The molecule has 1 heterocycles. The van der Waals surface area contributed by atoms with Gasteiger partial charge in [-0.15, -0.1) is 0 Å². The molecule has 0 saturated heterocycles. The minimum absolute atomic E-state index is 0.278. The second-order valence-electron chi connectivity index (χ2n) is 5.13. The van der Waals surface area contributed by atoms with E-state index in [1.807, 2.05) is 50.2 Å². The summed E-state index contributed by atoms with van der Waals surface area (Å²) in [6.45, 7) is 6.49. The van der Waals surface area contributed by atoms with Crippen molar-refractivity contribution >= 4 is 23.3 Å². The fourth-order valence-electron chi connectivity index (χ4n) is 2.12. The van der Waals surface area contributed by atoms with Crippen LogP contribution in [0.2, 0.25) is 0 Å². The van der Waals surface area contributed by atoms with E-state index in [0.717, 1.165) is 11.3 Å². The molecule has 0 aliphatic heterocycles. The van der Waals surface area contributed by atoms with E-state index in [0.29, 0.717) is 12.2 Å². The lowest BCUT2D eigenvalue weighted by Gasteiger charge is -2.22. The molecule has 0 aliphatic carbocycles. The van der Waals surface area contributed by atoms with E-state index in [1.165, 1.54) is 10.6 Å². The summed E-state index contributed by atoms with van der Waals surface area (Å²) in [5, 5.41) is 1.22. The van der Waals surface area contributed by atoms with Crippen molar-refractivity contribution in [2.45, 2.75) is 20.8 Å². The smallest absolute Gasteiger partial charge is 0.429 e. The van der Waals surface area contributed by atoms with Crippen LogP contribution in [0, 0.1) is 6.92 Å². The first-order chi connectivity index (χ1) is 11.6. The van der Waals surface area contributed by atoms with E-state index in [-0.39, 0.29) is 11.6 Å². The standard InChI is InChI=1S/C18H21N3O2S/c1-4-19-21(18(22)23-5-2)17(24)16-8-6-7-15(20-16)14-11-9-13(3)10-12-14/h6-12,19H,4-5H2,1-3H3. The van der Waals surface area contributed by atoms with Gasteiger partial charge in [0.1, 0.15) is 5.69 Å². The van der Waals surface area contributed by atoms with Crippen LogP contribution in [-0.4, -0.2) is 34.2 Å². The number of hydrogen-bond donors (Lipinski definition) is 1. The van der Waals surface area contributed by atoms with Gasteiger partial charge >= 0.3 is 6.09 Å². The second kappa shape index (κ2) is 8.52. The van der Waals surface area contributed by atoms with Crippen molar-refractivity contribution in [3.63, 3.8) is 0 Å². The van der Waals surface area contributed by atoms with Crippen LogP contribution >= 0.6 is 12.2 Å². The Bertz CT molecular complexity index is 716. The van der Waals surface area contributed by atoms with Gasteiger partial charge in [-0.2, -0.15) is 5.01 Å². The summed E-state index contributed by atoms with van der Waals surface area (Å²) in [4.78, 5) is 16.9. The van der Waals surface area contributed by atoms with Gasteiger partial charge in [-0.1, -0.05) is 55.0 Å². The molecule has 0 fully saturated rings. The van der Waals surface area contributed by atoms with Crippen LogP contribution < -0.4 is 5.43 Å². The highest BCUT2D eigenvalue weighted by Gasteiger charge is 2.21. The quantitative estimate of drug-likeness (QED) is 0.662. The number of amides is 1. The minimum Gasteiger partial charge on any atom is -0.448 e. The third-order valence-corrected chi connectivity index (χ3v) is 3.68. The molecule has 0 radical (unpaired) electrons. The van der Waals surface area contributed by atoms with Crippen LogP contribution in [-0.2, 0) is 4.74 Å². The molecule has 0 atom stereocenters. The zero-order valence-electron chi connectivity index (χ0n) is 14.1. The fraction of sp³-hybridized carbons (Fsp3) is 0.278. The molecule has 0 spiro atoms. The Morgan fingerprint density at radius 3 is 2.54 bits per heavy atom. The number of carbonyl (C=O) groups is 1. The Labute approximate surface area is 147 Å². The first-order valence-corrected chi connectivity index (χ1v) is 8.26. The van der Waals surface area contributed by atoms with Crippen LogP contribution in [0.3, 0.4) is 0 Å². The Morgan fingerprint density at radius 2 is 1.92 bits per heavy atom. The summed E-state index contributed by atoms with van der Waals surface area (Å²) >= 11 is 5.43. The molecule has 1 N–H and O–H groups in total. The Morgan fingerprint density at radius 1 is 1.21 bits per heavy atom. The highest BCUT2D eigenvalue weighted by Crippen LogP contribution is 2.18. The minimum atomic E-state index is -0.535. The average Bonchev–Trinajstić information content (AvgIpc) is 2.60. The van der Waals surface area contributed by atoms with Gasteiger partial charge in [0.05, 0.1) is 12.3 Å². The molecule has 0 bridgehead atoms. The molecule has 6 heteroatoms. The van der Waals surface area contributed by atoms with Gasteiger partial charge in [0.2, 0.25) is 0 Å². The van der Waals surface area contributed by atoms with Crippen molar-refractivity contribution in [2.75, 3.05) is 13.2 Å². The van der Waals surface area contributed by atoms with E-state index in [4.69, 9.17) is 17.0 Å². The summed E-state index contributed by atoms with van der Waals surface area (Å²) in [6, 6.07) is 13.7. The van der Waals surface area contributed by atoms with Crippen molar-refractivity contribution in [1.82, 2.24) is 15.4 Å². The molecular formula is C18H21N3O2S. The van der Waals surface area contributed by atoms with Crippen LogP contribution in [0.1, 0.15) is 25.1 Å². The third-order valence-electron chi connectivity index (χ3n) is 3.29. The number of nitrogens with one attached hydrogen (secondary N) is 1. The van der Waals surface area contributed by atoms with E-state index in [9.17, 15) is 4.79 Å². The summed E-state index contributed by atoms with van der Waals surface area (Å²) in [7, 11) is 0. The van der Waals surface area contributed by atoms with E-state index < -0.39 is 6.09 Å². The number of nitrogens with zero attached hydrogens (tertiary/aromatic N) is 2. The predicted octanol–water partition coefficient (Wildman–Crippen LogP) is 3.72. The van der Waals surface area contributed by atoms with Crippen LogP contribution in [0.4, 0.5) is 4.79 Å². The van der Waals surface area contributed by atoms with Crippen LogP contribution in [0.15, 0.2) is 42.5 Å². The first-order valence-electron chi connectivity index (χ1n) is 7.85. The predicted molar refractivity (Wildman–Crippen MR) is 98.6 cm³/mol. The van der Waals surface area contributed by atoms with Gasteiger partial charge < -0.3 is 4.74 Å². The topological polar surface area (TPSA) is 54.5 Å². The number of aryl methyl sites for hydroxylation is 1. The maximum Gasteiger partial charge on any atom is 0.429 e. The SMILES string of the molecule is CCNN(C(=O)OCC)C(=S)c1cccc(-c2ccc(C)cc2)n1. The average molecular weight is 343 g/mol. The first kappa shape index (κ1) is 18.0. The van der Waals surface area contributed by atoms with Gasteiger partial charge in [0.25, 0.3) is 0 Å². The molecule has 126 valence electrons. The van der Waals surface area contributed by atoms with E-state index in [1.54, 1.807) is 13.0 Å². The molecular weight excluding hydrogens is 322 g/mol. The van der Waals surface area contributed by atoms with Gasteiger partial charge in [-0.3, -0.25) is 0 Å². The number of hydrogen-bond acceptors (Lipinski definition) is 5. The van der Waals surface area contributed by atoms with Crippen LogP contribution in [0.5, 0.6) is 0 Å². The Hall–Kier alpha value is -2.31. The number of rotatable bonds is 5. The van der Waals surface area contributed by atoms with Crippen molar-refractivity contribution < 1.29 is 9.53 Å². The summed E-state index contributed by atoms with van der Waals surface area (Å²) in [6.07, 6.45) is -0.535. The Kier molecular flexibility index (Phi) is 6.40. The monoisotopic (exact) mass is 343 g/mol. The van der Waals surface area contributed by atoms with Crippen molar-refractivity contribution in [3.8, 4) is 11.3 Å². The highest BCUT2D eigenvalue weighted by molar-refractivity contribution is 7.80. The van der Waals surface area contributed by atoms with Gasteiger partial charge in [-0.05, 0) is 26.0 Å². The molecule has 2 rings (SSSR count).